The van der Waals surface area contributed by atoms with E-state index in [1.807, 2.05) is 30.3 Å². The van der Waals surface area contributed by atoms with Crippen LogP contribution in [0.5, 0.6) is 0 Å². The maximum absolute atomic E-state index is 10.7. The van der Waals surface area contributed by atoms with Crippen LogP contribution >= 0.6 is 0 Å². The SMILES string of the molecule is O=[N+]([O-])c1ccc(N=NC(=NNc2ccccc2)c2cccnc2)nc1. The van der Waals surface area contributed by atoms with Gasteiger partial charge in [0.1, 0.15) is 6.20 Å². The molecule has 0 radical (unpaired) electrons. The quantitative estimate of drug-likeness (QED) is 0.246. The summed E-state index contributed by atoms with van der Waals surface area (Å²) in [7, 11) is 0. The molecule has 0 amide bonds. The number of hydrogen-bond donors (Lipinski definition) is 1. The van der Waals surface area contributed by atoms with Crippen molar-refractivity contribution in [3.8, 4) is 0 Å². The molecular weight excluding hydrogens is 334 g/mol. The van der Waals surface area contributed by atoms with Gasteiger partial charge in [-0.3, -0.25) is 20.5 Å². The third-order valence-corrected chi connectivity index (χ3v) is 3.17. The van der Waals surface area contributed by atoms with E-state index in [1.54, 1.807) is 24.5 Å². The molecule has 0 fully saturated rings. The predicted molar refractivity (Wildman–Crippen MR) is 96.2 cm³/mol. The predicted octanol–water partition coefficient (Wildman–Crippen LogP) is 3.94. The number of para-hydroxylation sites is 1. The lowest BCUT2D eigenvalue weighted by atomic mass is 10.3. The van der Waals surface area contributed by atoms with Crippen molar-refractivity contribution >= 4 is 23.0 Å². The summed E-state index contributed by atoms with van der Waals surface area (Å²) in [5, 5.41) is 23.0. The lowest BCUT2D eigenvalue weighted by Gasteiger charge is -2.02. The lowest BCUT2D eigenvalue weighted by Crippen LogP contribution is -2.01. The number of anilines is 1. The Balaban J connectivity index is 1.84. The maximum Gasteiger partial charge on any atom is 0.287 e. The molecule has 0 saturated carbocycles. The second-order valence-electron chi connectivity index (χ2n) is 4.99. The van der Waals surface area contributed by atoms with Gasteiger partial charge in [0.05, 0.1) is 10.6 Å². The minimum absolute atomic E-state index is 0.115. The highest BCUT2D eigenvalue weighted by molar-refractivity contribution is 5.99. The Hall–Kier alpha value is -4.01. The number of pyridine rings is 2. The van der Waals surface area contributed by atoms with E-state index in [4.69, 9.17) is 0 Å². The van der Waals surface area contributed by atoms with Gasteiger partial charge in [0, 0.05) is 24.0 Å². The Morgan fingerprint density at radius 3 is 2.54 bits per heavy atom. The molecule has 0 atom stereocenters. The van der Waals surface area contributed by atoms with Crippen LogP contribution in [0.3, 0.4) is 0 Å². The van der Waals surface area contributed by atoms with E-state index < -0.39 is 4.92 Å². The number of hydrogen-bond acceptors (Lipinski definition) is 7. The summed E-state index contributed by atoms with van der Waals surface area (Å²) in [4.78, 5) is 18.1. The summed E-state index contributed by atoms with van der Waals surface area (Å²) in [6.45, 7) is 0. The fourth-order valence-corrected chi connectivity index (χ4v) is 1.91. The maximum atomic E-state index is 10.7. The zero-order valence-electron chi connectivity index (χ0n) is 13.4. The lowest BCUT2D eigenvalue weighted by molar-refractivity contribution is -0.385. The Kier molecular flexibility index (Phi) is 5.31. The first kappa shape index (κ1) is 16.8. The number of rotatable bonds is 5. The summed E-state index contributed by atoms with van der Waals surface area (Å²) >= 11 is 0. The van der Waals surface area contributed by atoms with Gasteiger partial charge in [-0.2, -0.15) is 5.10 Å². The number of amidine groups is 1. The largest absolute Gasteiger partial charge is 0.287 e. The number of nitrogens with zero attached hydrogens (tertiary/aromatic N) is 6. The Bertz CT molecular complexity index is 926. The summed E-state index contributed by atoms with van der Waals surface area (Å²) in [5.41, 5.74) is 4.23. The van der Waals surface area contributed by atoms with Crippen molar-refractivity contribution < 1.29 is 4.92 Å². The standard InChI is InChI=1S/C17H13N7O2/c25-24(26)15-8-9-16(19-12-15)21-23-17(13-5-4-10-18-11-13)22-20-14-6-2-1-3-7-14/h1-12,20H. The molecular formula is C17H13N7O2. The monoisotopic (exact) mass is 347 g/mol. The zero-order chi connectivity index (χ0) is 18.2. The third kappa shape index (κ3) is 4.51. The summed E-state index contributed by atoms with van der Waals surface area (Å²) < 4.78 is 0. The molecule has 3 aromatic rings. The van der Waals surface area contributed by atoms with Crippen LogP contribution in [-0.4, -0.2) is 20.7 Å². The third-order valence-electron chi connectivity index (χ3n) is 3.17. The number of azo groups is 1. The average Bonchev–Trinajstić information content (AvgIpc) is 2.70. The van der Waals surface area contributed by atoms with E-state index >= 15 is 0 Å². The van der Waals surface area contributed by atoms with Gasteiger partial charge in [-0.05, 0) is 30.3 Å². The number of aromatic nitrogens is 2. The first-order valence-corrected chi connectivity index (χ1v) is 7.54. The van der Waals surface area contributed by atoms with Crippen molar-refractivity contribution in [2.75, 3.05) is 5.43 Å². The molecule has 9 nitrogen and oxygen atoms in total. The van der Waals surface area contributed by atoms with Gasteiger partial charge in [0.15, 0.2) is 5.82 Å². The molecule has 3 rings (SSSR count). The Labute approximate surface area is 148 Å². The zero-order valence-corrected chi connectivity index (χ0v) is 13.4. The van der Waals surface area contributed by atoms with Crippen LogP contribution in [0.2, 0.25) is 0 Å². The van der Waals surface area contributed by atoms with Crippen molar-refractivity contribution in [2.24, 2.45) is 15.3 Å². The highest BCUT2D eigenvalue weighted by atomic mass is 16.6. The summed E-state index contributed by atoms with van der Waals surface area (Å²) in [5.74, 6) is 0.522. The van der Waals surface area contributed by atoms with Gasteiger partial charge >= 0.3 is 0 Å². The topological polar surface area (TPSA) is 118 Å². The highest BCUT2D eigenvalue weighted by Crippen LogP contribution is 2.15. The molecule has 0 unspecified atom stereocenters. The van der Waals surface area contributed by atoms with Crippen LogP contribution in [0.4, 0.5) is 17.2 Å². The van der Waals surface area contributed by atoms with Gasteiger partial charge in [0.25, 0.3) is 5.69 Å². The van der Waals surface area contributed by atoms with Crippen LogP contribution in [-0.2, 0) is 0 Å². The van der Waals surface area contributed by atoms with Gasteiger partial charge in [-0.15, -0.1) is 10.2 Å². The molecule has 0 aliphatic heterocycles. The smallest absolute Gasteiger partial charge is 0.276 e. The Morgan fingerprint density at radius 2 is 1.88 bits per heavy atom. The molecule has 0 saturated heterocycles. The van der Waals surface area contributed by atoms with Crippen molar-refractivity contribution in [1.29, 1.82) is 0 Å². The number of nitro groups is 1. The van der Waals surface area contributed by atoms with E-state index in [9.17, 15) is 10.1 Å². The minimum Gasteiger partial charge on any atom is -0.276 e. The summed E-state index contributed by atoms with van der Waals surface area (Å²) in [6.07, 6.45) is 4.37. The van der Waals surface area contributed by atoms with Crippen LogP contribution in [0.15, 0.2) is 88.5 Å². The molecule has 1 aromatic carbocycles. The first-order chi connectivity index (χ1) is 12.7. The van der Waals surface area contributed by atoms with E-state index in [1.165, 1.54) is 12.1 Å². The molecule has 0 aliphatic carbocycles. The van der Waals surface area contributed by atoms with Crippen molar-refractivity contribution in [3.05, 3.63) is 88.9 Å². The molecule has 1 N–H and O–H groups in total. The van der Waals surface area contributed by atoms with Gasteiger partial charge in [0.2, 0.25) is 5.84 Å². The molecule has 26 heavy (non-hydrogen) atoms. The molecule has 0 aliphatic rings. The van der Waals surface area contributed by atoms with Crippen LogP contribution in [0, 0.1) is 10.1 Å². The fraction of sp³-hybridized carbons (Fsp3) is 0. The van der Waals surface area contributed by atoms with Crippen LogP contribution in [0.25, 0.3) is 0 Å². The normalized spacial score (nSPS) is 11.5. The summed E-state index contributed by atoms with van der Waals surface area (Å²) in [6, 6.07) is 15.6. The van der Waals surface area contributed by atoms with Gasteiger partial charge in [-0.1, -0.05) is 18.2 Å². The highest BCUT2D eigenvalue weighted by Gasteiger charge is 2.06. The molecule has 9 heteroatoms. The van der Waals surface area contributed by atoms with E-state index in [0.717, 1.165) is 11.9 Å². The molecule has 2 heterocycles. The number of hydrazone groups is 1. The number of benzene rings is 1. The molecule has 2 aromatic heterocycles. The fourth-order valence-electron chi connectivity index (χ4n) is 1.91. The van der Waals surface area contributed by atoms with E-state index in [2.05, 4.69) is 30.7 Å². The van der Waals surface area contributed by atoms with Crippen molar-refractivity contribution in [2.45, 2.75) is 0 Å². The molecule has 0 spiro atoms. The molecule has 128 valence electrons. The van der Waals surface area contributed by atoms with Gasteiger partial charge < -0.3 is 0 Å². The van der Waals surface area contributed by atoms with Gasteiger partial charge in [-0.25, -0.2) is 4.98 Å². The van der Waals surface area contributed by atoms with Crippen molar-refractivity contribution in [1.82, 2.24) is 9.97 Å². The molecule has 0 bridgehead atoms. The Morgan fingerprint density at radius 1 is 1.04 bits per heavy atom. The second-order valence-corrected chi connectivity index (χ2v) is 4.99. The van der Waals surface area contributed by atoms with Crippen LogP contribution in [0.1, 0.15) is 5.56 Å². The van der Waals surface area contributed by atoms with E-state index in [0.29, 0.717) is 11.4 Å². The first-order valence-electron chi connectivity index (χ1n) is 7.54. The average molecular weight is 347 g/mol. The minimum atomic E-state index is -0.528. The van der Waals surface area contributed by atoms with Crippen molar-refractivity contribution in [3.63, 3.8) is 0 Å². The van der Waals surface area contributed by atoms with E-state index in [-0.39, 0.29) is 11.5 Å². The van der Waals surface area contributed by atoms with Crippen LogP contribution < -0.4 is 5.43 Å². The number of nitrogens with one attached hydrogen (secondary N) is 1. The second kappa shape index (κ2) is 8.20.